The number of benzene rings is 2. The van der Waals surface area contributed by atoms with Gasteiger partial charge in [-0.15, -0.1) is 0 Å². The number of aromatic nitrogens is 2. The number of anilines is 1. The number of carbonyl (C=O) groups is 1. The van der Waals surface area contributed by atoms with Crippen LogP contribution in [-0.2, 0) is 25.0 Å². The zero-order valence-electron chi connectivity index (χ0n) is 18.2. The quantitative estimate of drug-likeness (QED) is 0.571. The number of hydrogen-bond donors (Lipinski definition) is 1. The molecular formula is C24H25F3N4O2. The standard InChI is InChI=1S/C24H25F3N4O2/c1-30-14-12-28-21(30)16-33-20-9-7-19(8-10-20)29-22(32)23(24(25,26)27)11-13-31(17-23)15-18-5-3-2-4-6-18/h2-10,12,14H,11,13,15-17H2,1H3,(H,29,32). The lowest BCUT2D eigenvalue weighted by molar-refractivity contribution is -0.215. The Kier molecular flexibility index (Phi) is 6.42. The van der Waals surface area contributed by atoms with E-state index >= 15 is 0 Å². The van der Waals surface area contributed by atoms with E-state index < -0.39 is 17.5 Å². The number of aryl methyl sites for hydroxylation is 1. The van der Waals surface area contributed by atoms with E-state index in [-0.39, 0.29) is 31.8 Å². The summed E-state index contributed by atoms with van der Waals surface area (Å²) in [6.45, 7) is 0.446. The van der Waals surface area contributed by atoms with Gasteiger partial charge in [-0.2, -0.15) is 13.2 Å². The molecule has 1 saturated heterocycles. The monoisotopic (exact) mass is 458 g/mol. The number of imidazole rings is 1. The van der Waals surface area contributed by atoms with Crippen LogP contribution in [0.1, 0.15) is 17.8 Å². The highest BCUT2D eigenvalue weighted by Crippen LogP contribution is 2.46. The molecule has 1 atom stereocenters. The molecule has 1 fully saturated rings. The zero-order valence-corrected chi connectivity index (χ0v) is 18.2. The third kappa shape index (κ3) is 5.03. The second kappa shape index (κ2) is 9.27. The summed E-state index contributed by atoms with van der Waals surface area (Å²) in [5, 5.41) is 2.46. The number of rotatable bonds is 7. The molecule has 9 heteroatoms. The van der Waals surface area contributed by atoms with Crippen LogP contribution in [-0.4, -0.2) is 39.6 Å². The number of nitrogens with zero attached hydrogens (tertiary/aromatic N) is 3. The van der Waals surface area contributed by atoms with Gasteiger partial charge < -0.3 is 14.6 Å². The van der Waals surface area contributed by atoms with E-state index in [4.69, 9.17) is 4.74 Å². The molecule has 1 aromatic heterocycles. The molecule has 0 spiro atoms. The van der Waals surface area contributed by atoms with Crippen molar-refractivity contribution in [3.8, 4) is 5.75 Å². The van der Waals surface area contributed by atoms with E-state index in [0.717, 1.165) is 11.4 Å². The van der Waals surface area contributed by atoms with Crippen LogP contribution in [0.2, 0.25) is 0 Å². The normalized spacial score (nSPS) is 18.9. The minimum Gasteiger partial charge on any atom is -0.486 e. The number of carbonyl (C=O) groups excluding carboxylic acids is 1. The van der Waals surface area contributed by atoms with Crippen molar-refractivity contribution in [2.75, 3.05) is 18.4 Å². The highest BCUT2D eigenvalue weighted by atomic mass is 19.4. The maximum atomic E-state index is 14.1. The Bertz CT molecular complexity index is 1080. The lowest BCUT2D eigenvalue weighted by Gasteiger charge is -2.30. The molecule has 0 radical (unpaired) electrons. The summed E-state index contributed by atoms with van der Waals surface area (Å²) in [6, 6.07) is 15.6. The molecule has 0 aliphatic carbocycles. The molecule has 1 aliphatic heterocycles. The summed E-state index contributed by atoms with van der Waals surface area (Å²) < 4.78 is 49.8. The Labute approximate surface area is 190 Å². The molecule has 0 saturated carbocycles. The fourth-order valence-electron chi connectivity index (χ4n) is 3.98. The van der Waals surface area contributed by atoms with Gasteiger partial charge in [0.1, 0.15) is 18.2 Å². The average molecular weight is 458 g/mol. The Morgan fingerprint density at radius 2 is 1.88 bits per heavy atom. The van der Waals surface area contributed by atoms with Crippen molar-refractivity contribution in [2.24, 2.45) is 12.5 Å². The molecule has 6 nitrogen and oxygen atoms in total. The second-order valence-corrected chi connectivity index (χ2v) is 8.25. The van der Waals surface area contributed by atoms with E-state index in [9.17, 15) is 18.0 Å². The first-order chi connectivity index (χ1) is 15.8. The summed E-state index contributed by atoms with van der Waals surface area (Å²) >= 11 is 0. The van der Waals surface area contributed by atoms with Crippen LogP contribution in [0.15, 0.2) is 67.0 Å². The largest absolute Gasteiger partial charge is 0.486 e. The van der Waals surface area contributed by atoms with Gasteiger partial charge in [0.2, 0.25) is 5.91 Å². The highest BCUT2D eigenvalue weighted by molar-refractivity contribution is 5.96. The number of ether oxygens (including phenoxy) is 1. The van der Waals surface area contributed by atoms with E-state index in [1.165, 1.54) is 12.1 Å². The topological polar surface area (TPSA) is 59.4 Å². The first kappa shape index (κ1) is 22.8. The van der Waals surface area contributed by atoms with Crippen molar-refractivity contribution in [1.29, 1.82) is 0 Å². The fourth-order valence-corrected chi connectivity index (χ4v) is 3.98. The number of amides is 1. The molecule has 1 N–H and O–H groups in total. The summed E-state index contributed by atoms with van der Waals surface area (Å²) in [5.41, 5.74) is -1.25. The predicted octanol–water partition coefficient (Wildman–Crippen LogP) is 4.39. The van der Waals surface area contributed by atoms with Gasteiger partial charge >= 0.3 is 6.18 Å². The maximum Gasteiger partial charge on any atom is 0.404 e. The van der Waals surface area contributed by atoms with E-state index in [0.29, 0.717) is 12.3 Å². The summed E-state index contributed by atoms with van der Waals surface area (Å²) in [5.74, 6) is 0.226. The molecule has 1 amide bonds. The SMILES string of the molecule is Cn1ccnc1COc1ccc(NC(=O)C2(C(F)(F)F)CCN(Cc3ccccc3)C2)cc1. The Morgan fingerprint density at radius 3 is 2.52 bits per heavy atom. The molecule has 4 rings (SSSR count). The molecule has 33 heavy (non-hydrogen) atoms. The van der Waals surface area contributed by atoms with Crippen LogP contribution in [0.5, 0.6) is 5.75 Å². The molecule has 174 valence electrons. The van der Waals surface area contributed by atoms with Crippen molar-refractivity contribution in [3.05, 3.63) is 78.4 Å². The third-order valence-electron chi connectivity index (χ3n) is 5.98. The number of halogens is 3. The van der Waals surface area contributed by atoms with Gasteiger partial charge in [0.25, 0.3) is 0 Å². The van der Waals surface area contributed by atoms with Crippen LogP contribution in [0.4, 0.5) is 18.9 Å². The van der Waals surface area contributed by atoms with Gasteiger partial charge in [-0.3, -0.25) is 9.69 Å². The van der Waals surface area contributed by atoms with Crippen LogP contribution in [0, 0.1) is 5.41 Å². The maximum absolute atomic E-state index is 14.1. The van der Waals surface area contributed by atoms with E-state index in [2.05, 4.69) is 10.3 Å². The molecule has 1 aliphatic rings. The molecular weight excluding hydrogens is 433 g/mol. The molecule has 1 unspecified atom stereocenters. The van der Waals surface area contributed by atoms with Crippen LogP contribution < -0.4 is 10.1 Å². The summed E-state index contributed by atoms with van der Waals surface area (Å²) in [6.07, 6.45) is -1.47. The van der Waals surface area contributed by atoms with Crippen LogP contribution in [0.25, 0.3) is 0 Å². The Hall–Kier alpha value is -3.33. The first-order valence-electron chi connectivity index (χ1n) is 10.6. The average Bonchev–Trinajstić information content (AvgIpc) is 3.41. The first-order valence-corrected chi connectivity index (χ1v) is 10.6. The van der Waals surface area contributed by atoms with Crippen molar-refractivity contribution in [1.82, 2.24) is 14.5 Å². The highest BCUT2D eigenvalue weighted by Gasteiger charge is 2.62. The molecule has 2 aromatic carbocycles. The van der Waals surface area contributed by atoms with Gasteiger partial charge in [0.05, 0.1) is 0 Å². The number of alkyl halides is 3. The summed E-state index contributed by atoms with van der Waals surface area (Å²) in [4.78, 5) is 18.7. The minimum absolute atomic E-state index is 0.196. The van der Waals surface area contributed by atoms with E-state index in [1.807, 2.05) is 41.9 Å². The smallest absolute Gasteiger partial charge is 0.404 e. The summed E-state index contributed by atoms with van der Waals surface area (Å²) in [7, 11) is 1.85. The van der Waals surface area contributed by atoms with Gasteiger partial charge in [-0.1, -0.05) is 30.3 Å². The van der Waals surface area contributed by atoms with Gasteiger partial charge in [-0.25, -0.2) is 4.98 Å². The van der Waals surface area contributed by atoms with Gasteiger partial charge in [0.15, 0.2) is 5.41 Å². The van der Waals surface area contributed by atoms with Gasteiger partial charge in [0, 0.05) is 38.2 Å². The lowest BCUT2D eigenvalue weighted by atomic mass is 9.85. The molecule has 3 aromatic rings. The van der Waals surface area contributed by atoms with Crippen molar-refractivity contribution in [3.63, 3.8) is 0 Å². The zero-order chi connectivity index (χ0) is 23.5. The minimum atomic E-state index is -4.66. The number of likely N-dealkylation sites (tertiary alicyclic amines) is 1. The fraction of sp³-hybridized carbons (Fsp3) is 0.333. The Balaban J connectivity index is 1.41. The van der Waals surface area contributed by atoms with Gasteiger partial charge in [-0.05, 0) is 42.8 Å². The molecule has 2 heterocycles. The predicted molar refractivity (Wildman–Crippen MR) is 117 cm³/mol. The van der Waals surface area contributed by atoms with Crippen molar-refractivity contribution < 1.29 is 22.7 Å². The number of nitrogens with one attached hydrogen (secondary N) is 1. The molecule has 0 bridgehead atoms. The van der Waals surface area contributed by atoms with Crippen LogP contribution in [0.3, 0.4) is 0 Å². The van der Waals surface area contributed by atoms with Crippen molar-refractivity contribution in [2.45, 2.75) is 25.7 Å². The lowest BCUT2D eigenvalue weighted by Crippen LogP contribution is -2.49. The second-order valence-electron chi connectivity index (χ2n) is 8.25. The third-order valence-corrected chi connectivity index (χ3v) is 5.98. The van der Waals surface area contributed by atoms with Crippen LogP contribution >= 0.6 is 0 Å². The number of hydrogen-bond acceptors (Lipinski definition) is 4. The van der Waals surface area contributed by atoms with Crippen molar-refractivity contribution >= 4 is 11.6 Å². The van der Waals surface area contributed by atoms with E-state index in [1.54, 1.807) is 29.4 Å². The Morgan fingerprint density at radius 1 is 1.15 bits per heavy atom.